The van der Waals surface area contributed by atoms with E-state index >= 15 is 0 Å². The predicted octanol–water partition coefficient (Wildman–Crippen LogP) is 4.14. The Morgan fingerprint density at radius 3 is 2.30 bits per heavy atom. The maximum absolute atomic E-state index is 13.5. The molecule has 0 bridgehead atoms. The van der Waals surface area contributed by atoms with Gasteiger partial charge < -0.3 is 0 Å². The van der Waals surface area contributed by atoms with Crippen LogP contribution in [0.15, 0.2) is 55.2 Å². The summed E-state index contributed by atoms with van der Waals surface area (Å²) in [4.78, 5) is 23.9. The van der Waals surface area contributed by atoms with E-state index in [0.717, 1.165) is 11.3 Å². The molecule has 0 fully saturated rings. The first-order chi connectivity index (χ1) is 13.0. The molecule has 4 aromatic heterocycles. The standard InChI is InChI=1S/C17H9F3N6S/c18-17(19,20)13-12(27-16(26-13)10-3-1-5-21-9-10)11-4-8-24-15(25-11)14-22-6-2-7-23-14/h1-9H. The lowest BCUT2D eigenvalue weighted by Gasteiger charge is -2.06. The zero-order valence-corrected chi connectivity index (χ0v) is 14.2. The third kappa shape index (κ3) is 3.51. The van der Waals surface area contributed by atoms with Gasteiger partial charge in [-0.05, 0) is 24.3 Å². The summed E-state index contributed by atoms with van der Waals surface area (Å²) < 4.78 is 40.6. The Hall–Kier alpha value is -3.27. The molecule has 10 heteroatoms. The average molecular weight is 386 g/mol. The largest absolute Gasteiger partial charge is 0.434 e. The lowest BCUT2D eigenvalue weighted by atomic mass is 10.2. The monoisotopic (exact) mass is 386 g/mol. The van der Waals surface area contributed by atoms with Crippen LogP contribution in [0, 0.1) is 0 Å². The van der Waals surface area contributed by atoms with E-state index in [1.54, 1.807) is 24.4 Å². The van der Waals surface area contributed by atoms with Crippen LogP contribution in [0.4, 0.5) is 13.2 Å². The molecule has 4 rings (SSSR count). The molecule has 0 N–H and O–H groups in total. The molecule has 0 saturated carbocycles. The van der Waals surface area contributed by atoms with Crippen molar-refractivity contribution < 1.29 is 13.2 Å². The average Bonchev–Trinajstić information content (AvgIpc) is 3.16. The molecule has 134 valence electrons. The summed E-state index contributed by atoms with van der Waals surface area (Å²) in [5.41, 5.74) is -0.391. The molecule has 0 aromatic carbocycles. The van der Waals surface area contributed by atoms with Crippen LogP contribution in [0.1, 0.15) is 5.69 Å². The molecule has 0 amide bonds. The Balaban J connectivity index is 1.85. The van der Waals surface area contributed by atoms with Gasteiger partial charge in [-0.3, -0.25) is 4.98 Å². The van der Waals surface area contributed by atoms with Crippen molar-refractivity contribution in [3.05, 3.63) is 60.9 Å². The molecule has 0 spiro atoms. The number of aromatic nitrogens is 6. The van der Waals surface area contributed by atoms with Gasteiger partial charge in [0.1, 0.15) is 5.01 Å². The fourth-order valence-corrected chi connectivity index (χ4v) is 3.35. The molecule has 0 unspecified atom stereocenters. The van der Waals surface area contributed by atoms with Gasteiger partial charge in [0.05, 0.1) is 10.6 Å². The number of hydrogen-bond donors (Lipinski definition) is 0. The fraction of sp³-hybridized carbons (Fsp3) is 0.0588. The highest BCUT2D eigenvalue weighted by Gasteiger charge is 2.38. The topological polar surface area (TPSA) is 77.3 Å². The van der Waals surface area contributed by atoms with Crippen LogP contribution in [0.3, 0.4) is 0 Å². The van der Waals surface area contributed by atoms with E-state index < -0.39 is 11.9 Å². The Morgan fingerprint density at radius 2 is 1.59 bits per heavy atom. The quantitative estimate of drug-likeness (QED) is 0.527. The zero-order chi connectivity index (χ0) is 18.9. The lowest BCUT2D eigenvalue weighted by Crippen LogP contribution is -2.07. The second-order valence-corrected chi connectivity index (χ2v) is 6.27. The summed E-state index contributed by atoms with van der Waals surface area (Å²) in [7, 11) is 0. The van der Waals surface area contributed by atoms with Crippen molar-refractivity contribution in [1.82, 2.24) is 29.9 Å². The predicted molar refractivity (Wildman–Crippen MR) is 92.4 cm³/mol. The summed E-state index contributed by atoms with van der Waals surface area (Å²) in [5.74, 6) is 0.363. The van der Waals surface area contributed by atoms with E-state index in [-0.39, 0.29) is 27.2 Å². The van der Waals surface area contributed by atoms with Gasteiger partial charge in [0.15, 0.2) is 17.3 Å². The Morgan fingerprint density at radius 1 is 0.815 bits per heavy atom. The van der Waals surface area contributed by atoms with Crippen LogP contribution >= 0.6 is 11.3 Å². The molecule has 0 aliphatic rings. The Kier molecular flexibility index (Phi) is 4.32. The molecule has 0 atom stereocenters. The van der Waals surface area contributed by atoms with E-state index in [0.29, 0.717) is 5.56 Å². The van der Waals surface area contributed by atoms with Gasteiger partial charge >= 0.3 is 6.18 Å². The second kappa shape index (κ2) is 6.80. The van der Waals surface area contributed by atoms with Crippen molar-refractivity contribution in [3.8, 4) is 32.8 Å². The minimum Gasteiger partial charge on any atom is -0.264 e. The minimum absolute atomic E-state index is 0.0964. The lowest BCUT2D eigenvalue weighted by molar-refractivity contribution is -0.140. The number of rotatable bonds is 3. The molecule has 0 aliphatic heterocycles. The molecule has 27 heavy (non-hydrogen) atoms. The van der Waals surface area contributed by atoms with Crippen LogP contribution in [-0.2, 0) is 6.18 Å². The van der Waals surface area contributed by atoms with Crippen LogP contribution in [0.2, 0.25) is 0 Å². The minimum atomic E-state index is -4.62. The number of halogens is 3. The van der Waals surface area contributed by atoms with Crippen molar-refractivity contribution in [2.75, 3.05) is 0 Å². The third-order valence-electron chi connectivity index (χ3n) is 3.46. The summed E-state index contributed by atoms with van der Waals surface area (Å²) >= 11 is 0.894. The van der Waals surface area contributed by atoms with Crippen molar-refractivity contribution in [2.24, 2.45) is 0 Å². The fourth-order valence-electron chi connectivity index (χ4n) is 2.31. The van der Waals surface area contributed by atoms with E-state index in [2.05, 4.69) is 29.9 Å². The highest BCUT2D eigenvalue weighted by atomic mass is 32.1. The SMILES string of the molecule is FC(F)(F)c1nc(-c2cccnc2)sc1-c1ccnc(-c2ncccn2)n1. The smallest absolute Gasteiger partial charge is 0.264 e. The van der Waals surface area contributed by atoms with Gasteiger partial charge in [0, 0.05) is 36.5 Å². The van der Waals surface area contributed by atoms with Gasteiger partial charge in [-0.2, -0.15) is 13.2 Å². The molecular formula is C17H9F3N6S. The molecule has 0 saturated heterocycles. The first kappa shape index (κ1) is 17.2. The first-order valence-corrected chi connectivity index (χ1v) is 8.43. The molecule has 0 radical (unpaired) electrons. The van der Waals surface area contributed by atoms with Crippen molar-refractivity contribution in [3.63, 3.8) is 0 Å². The van der Waals surface area contributed by atoms with Crippen molar-refractivity contribution in [2.45, 2.75) is 6.18 Å². The highest BCUT2D eigenvalue weighted by Crippen LogP contribution is 2.42. The number of nitrogens with zero attached hydrogens (tertiary/aromatic N) is 6. The van der Waals surface area contributed by atoms with Crippen molar-refractivity contribution in [1.29, 1.82) is 0 Å². The van der Waals surface area contributed by atoms with Gasteiger partial charge in [-0.15, -0.1) is 11.3 Å². The van der Waals surface area contributed by atoms with Gasteiger partial charge in [-0.1, -0.05) is 0 Å². The van der Waals surface area contributed by atoms with Crippen LogP contribution < -0.4 is 0 Å². The number of thiazole rings is 1. The summed E-state index contributed by atoms with van der Waals surface area (Å²) in [6, 6.07) is 6.32. The van der Waals surface area contributed by atoms with E-state index in [1.807, 2.05) is 0 Å². The third-order valence-corrected chi connectivity index (χ3v) is 4.59. The molecule has 4 aromatic rings. The first-order valence-electron chi connectivity index (χ1n) is 7.61. The van der Waals surface area contributed by atoms with Crippen LogP contribution in [-0.4, -0.2) is 29.9 Å². The van der Waals surface area contributed by atoms with Gasteiger partial charge in [-0.25, -0.2) is 24.9 Å². The number of pyridine rings is 1. The van der Waals surface area contributed by atoms with Crippen molar-refractivity contribution >= 4 is 11.3 Å². The molecule has 0 aliphatic carbocycles. The van der Waals surface area contributed by atoms with Gasteiger partial charge in [0.2, 0.25) is 0 Å². The van der Waals surface area contributed by atoms with Crippen LogP contribution in [0.25, 0.3) is 32.8 Å². The Bertz CT molecular complexity index is 1070. The van der Waals surface area contributed by atoms with E-state index in [4.69, 9.17) is 0 Å². The normalized spacial score (nSPS) is 11.5. The summed E-state index contributed by atoms with van der Waals surface area (Å²) in [5, 5.41) is 0.210. The van der Waals surface area contributed by atoms with Crippen LogP contribution in [0.5, 0.6) is 0 Å². The van der Waals surface area contributed by atoms with E-state index in [9.17, 15) is 13.2 Å². The van der Waals surface area contributed by atoms with Gasteiger partial charge in [0.25, 0.3) is 0 Å². The highest BCUT2D eigenvalue weighted by molar-refractivity contribution is 7.18. The molecule has 6 nitrogen and oxygen atoms in total. The molecular weight excluding hydrogens is 377 g/mol. The summed E-state index contributed by atoms with van der Waals surface area (Å²) in [6.45, 7) is 0. The summed E-state index contributed by atoms with van der Waals surface area (Å²) in [6.07, 6.45) is 2.77. The second-order valence-electron chi connectivity index (χ2n) is 5.27. The maximum atomic E-state index is 13.5. The Labute approximate surface area is 154 Å². The molecule has 4 heterocycles. The zero-order valence-electron chi connectivity index (χ0n) is 13.4. The van der Waals surface area contributed by atoms with E-state index in [1.165, 1.54) is 30.9 Å². The maximum Gasteiger partial charge on any atom is 0.434 e. The number of alkyl halides is 3. The number of hydrogen-bond acceptors (Lipinski definition) is 7.